The Morgan fingerprint density at radius 1 is 1.28 bits per heavy atom. The number of likely N-dealkylation sites (tertiary alicyclic amines) is 1. The predicted octanol–water partition coefficient (Wildman–Crippen LogP) is 2.37. The van der Waals surface area contributed by atoms with Gasteiger partial charge in [-0.1, -0.05) is 36.8 Å². The number of hydrogen-bond acceptors (Lipinski definition) is 2. The van der Waals surface area contributed by atoms with Crippen LogP contribution in [0, 0.1) is 11.8 Å². The molecular weight excluding hydrogens is 226 g/mol. The molecule has 1 saturated carbocycles. The summed E-state index contributed by atoms with van der Waals surface area (Å²) in [5.41, 5.74) is 1.21. The van der Waals surface area contributed by atoms with E-state index in [2.05, 4.69) is 17.0 Å². The zero-order chi connectivity index (χ0) is 12.5. The van der Waals surface area contributed by atoms with Gasteiger partial charge in [-0.25, -0.2) is 0 Å². The molecule has 1 aliphatic heterocycles. The molecule has 96 valence electrons. The second-order valence-electron chi connectivity index (χ2n) is 5.55. The molecule has 1 aromatic rings. The Morgan fingerprint density at radius 2 is 2.06 bits per heavy atom. The van der Waals surface area contributed by atoms with Crippen molar-refractivity contribution in [2.75, 3.05) is 6.54 Å². The second-order valence-corrected chi connectivity index (χ2v) is 5.55. The second kappa shape index (κ2) is 4.73. The summed E-state index contributed by atoms with van der Waals surface area (Å²) in [5.74, 6) is 0.348. The van der Waals surface area contributed by atoms with Gasteiger partial charge >= 0.3 is 5.97 Å². The lowest BCUT2D eigenvalue weighted by atomic mass is 9.94. The predicted molar refractivity (Wildman–Crippen MR) is 69.1 cm³/mol. The Kier molecular flexibility index (Phi) is 3.08. The number of hydrogen-bond donors (Lipinski definition) is 1. The van der Waals surface area contributed by atoms with Gasteiger partial charge in [-0.05, 0) is 30.2 Å². The Balaban J connectivity index is 1.77. The van der Waals surface area contributed by atoms with E-state index in [0.717, 1.165) is 19.5 Å². The third-order valence-electron chi connectivity index (χ3n) is 4.47. The van der Waals surface area contributed by atoms with Gasteiger partial charge < -0.3 is 5.11 Å². The summed E-state index contributed by atoms with van der Waals surface area (Å²) in [6.07, 6.45) is 3.50. The number of benzene rings is 1. The molecule has 3 atom stereocenters. The van der Waals surface area contributed by atoms with Crippen molar-refractivity contribution < 1.29 is 9.90 Å². The van der Waals surface area contributed by atoms with E-state index in [1.165, 1.54) is 18.4 Å². The minimum Gasteiger partial charge on any atom is -0.480 e. The van der Waals surface area contributed by atoms with Gasteiger partial charge in [-0.3, -0.25) is 9.69 Å². The van der Waals surface area contributed by atoms with Crippen molar-refractivity contribution in [1.82, 2.24) is 4.90 Å². The molecule has 18 heavy (non-hydrogen) atoms. The maximum Gasteiger partial charge on any atom is 0.321 e. The molecule has 0 amide bonds. The summed E-state index contributed by atoms with van der Waals surface area (Å²) in [6.45, 7) is 1.72. The number of carboxylic acids is 1. The van der Waals surface area contributed by atoms with E-state index in [-0.39, 0.29) is 6.04 Å². The smallest absolute Gasteiger partial charge is 0.321 e. The van der Waals surface area contributed by atoms with Crippen LogP contribution in [0.2, 0.25) is 0 Å². The van der Waals surface area contributed by atoms with Crippen molar-refractivity contribution in [1.29, 1.82) is 0 Å². The van der Waals surface area contributed by atoms with Crippen LogP contribution in [0.3, 0.4) is 0 Å². The monoisotopic (exact) mass is 245 g/mol. The maximum atomic E-state index is 11.5. The van der Waals surface area contributed by atoms with Gasteiger partial charge in [0.15, 0.2) is 0 Å². The summed E-state index contributed by atoms with van der Waals surface area (Å²) in [7, 11) is 0. The molecule has 1 aliphatic carbocycles. The zero-order valence-electron chi connectivity index (χ0n) is 10.5. The van der Waals surface area contributed by atoms with E-state index in [1.807, 2.05) is 18.2 Å². The average Bonchev–Trinajstić information content (AvgIpc) is 2.89. The minimum absolute atomic E-state index is 0.266. The molecule has 0 spiro atoms. The zero-order valence-corrected chi connectivity index (χ0v) is 10.5. The van der Waals surface area contributed by atoms with E-state index in [0.29, 0.717) is 11.8 Å². The molecule has 2 aliphatic rings. The standard InChI is InChI=1S/C15H19NO2/c17-15(18)14-13-8-4-7-12(13)10-16(14)9-11-5-2-1-3-6-11/h1-3,5-6,12-14H,4,7-10H2,(H,17,18)/t12-,13-,14?/m0/s1. The summed E-state index contributed by atoms with van der Waals surface area (Å²) in [6, 6.07) is 9.92. The normalized spacial score (nSPS) is 31.4. The van der Waals surface area contributed by atoms with Gasteiger partial charge in [0, 0.05) is 13.1 Å². The molecule has 1 heterocycles. The van der Waals surface area contributed by atoms with Crippen LogP contribution in [0.5, 0.6) is 0 Å². The third kappa shape index (κ3) is 2.03. The topological polar surface area (TPSA) is 40.5 Å². The van der Waals surface area contributed by atoms with E-state index in [4.69, 9.17) is 0 Å². The van der Waals surface area contributed by atoms with Gasteiger partial charge in [0.25, 0.3) is 0 Å². The fourth-order valence-electron chi connectivity index (χ4n) is 3.71. The molecule has 3 rings (SSSR count). The highest BCUT2D eigenvalue weighted by atomic mass is 16.4. The van der Waals surface area contributed by atoms with E-state index < -0.39 is 5.97 Å². The van der Waals surface area contributed by atoms with Gasteiger partial charge in [0.1, 0.15) is 6.04 Å². The highest BCUT2D eigenvalue weighted by Crippen LogP contribution is 2.42. The molecule has 1 aromatic carbocycles. The fraction of sp³-hybridized carbons (Fsp3) is 0.533. The van der Waals surface area contributed by atoms with Crippen LogP contribution in [0.15, 0.2) is 30.3 Å². The van der Waals surface area contributed by atoms with Gasteiger partial charge in [0.2, 0.25) is 0 Å². The van der Waals surface area contributed by atoms with Crippen molar-refractivity contribution in [3.8, 4) is 0 Å². The molecule has 0 radical (unpaired) electrons. The van der Waals surface area contributed by atoms with Crippen LogP contribution in [-0.4, -0.2) is 28.6 Å². The minimum atomic E-state index is -0.639. The lowest BCUT2D eigenvalue weighted by Gasteiger charge is -2.24. The molecular formula is C15H19NO2. The van der Waals surface area contributed by atoms with Crippen molar-refractivity contribution in [3.05, 3.63) is 35.9 Å². The van der Waals surface area contributed by atoms with Crippen molar-refractivity contribution in [2.24, 2.45) is 11.8 Å². The highest BCUT2D eigenvalue weighted by Gasteiger charge is 2.47. The quantitative estimate of drug-likeness (QED) is 0.888. The SMILES string of the molecule is O=C(O)C1[C@H]2CCC[C@H]2CN1Cc1ccccc1. The number of rotatable bonds is 3. The number of nitrogens with zero attached hydrogens (tertiary/aromatic N) is 1. The van der Waals surface area contributed by atoms with Crippen molar-refractivity contribution in [3.63, 3.8) is 0 Å². The molecule has 2 fully saturated rings. The summed E-state index contributed by atoms with van der Waals surface area (Å²) in [5, 5.41) is 9.47. The molecule has 3 nitrogen and oxygen atoms in total. The number of aliphatic carboxylic acids is 1. The van der Waals surface area contributed by atoms with E-state index in [1.54, 1.807) is 0 Å². The lowest BCUT2D eigenvalue weighted by molar-refractivity contribution is -0.143. The summed E-state index contributed by atoms with van der Waals surface area (Å²) >= 11 is 0. The van der Waals surface area contributed by atoms with Gasteiger partial charge in [0.05, 0.1) is 0 Å². The molecule has 1 N–H and O–H groups in total. The van der Waals surface area contributed by atoms with Gasteiger partial charge in [-0.15, -0.1) is 0 Å². The average molecular weight is 245 g/mol. The van der Waals surface area contributed by atoms with E-state index in [9.17, 15) is 9.90 Å². The first-order chi connectivity index (χ1) is 8.75. The Labute approximate surface area is 107 Å². The van der Waals surface area contributed by atoms with Gasteiger partial charge in [-0.2, -0.15) is 0 Å². The summed E-state index contributed by atoms with van der Waals surface area (Å²) in [4.78, 5) is 13.7. The summed E-state index contributed by atoms with van der Waals surface area (Å²) < 4.78 is 0. The largest absolute Gasteiger partial charge is 0.480 e. The van der Waals surface area contributed by atoms with Crippen LogP contribution in [0.4, 0.5) is 0 Å². The number of carbonyl (C=O) groups is 1. The maximum absolute atomic E-state index is 11.5. The Morgan fingerprint density at radius 3 is 2.78 bits per heavy atom. The first kappa shape index (κ1) is 11.7. The first-order valence-corrected chi connectivity index (χ1v) is 6.76. The molecule has 1 saturated heterocycles. The number of carboxylic acid groups (broad SMARTS) is 1. The van der Waals surface area contributed by atoms with Crippen LogP contribution in [-0.2, 0) is 11.3 Å². The molecule has 3 heteroatoms. The van der Waals surface area contributed by atoms with Crippen molar-refractivity contribution >= 4 is 5.97 Å². The van der Waals surface area contributed by atoms with Crippen molar-refractivity contribution in [2.45, 2.75) is 31.8 Å². The highest BCUT2D eigenvalue weighted by molar-refractivity contribution is 5.74. The van der Waals surface area contributed by atoms with Crippen LogP contribution >= 0.6 is 0 Å². The first-order valence-electron chi connectivity index (χ1n) is 6.76. The van der Waals surface area contributed by atoms with Crippen LogP contribution in [0.1, 0.15) is 24.8 Å². The lowest BCUT2D eigenvalue weighted by Crippen LogP contribution is -2.39. The van der Waals surface area contributed by atoms with Crippen LogP contribution < -0.4 is 0 Å². The third-order valence-corrected chi connectivity index (χ3v) is 4.47. The van der Waals surface area contributed by atoms with E-state index >= 15 is 0 Å². The van der Waals surface area contributed by atoms with Crippen LogP contribution in [0.25, 0.3) is 0 Å². The Hall–Kier alpha value is -1.35. The molecule has 0 aromatic heterocycles. The Bertz CT molecular complexity index is 431. The molecule has 1 unspecified atom stereocenters. The fourth-order valence-corrected chi connectivity index (χ4v) is 3.71. The molecule has 0 bridgehead atoms. The number of fused-ring (bicyclic) bond motifs is 1.